The van der Waals surface area contributed by atoms with Gasteiger partial charge in [0.25, 0.3) is 0 Å². The fourth-order valence-corrected chi connectivity index (χ4v) is 6.20. The number of rotatable bonds is 21. The van der Waals surface area contributed by atoms with Crippen molar-refractivity contribution in [3.63, 3.8) is 0 Å². The van der Waals surface area contributed by atoms with Crippen molar-refractivity contribution < 1.29 is 38.3 Å². The van der Waals surface area contributed by atoms with Crippen molar-refractivity contribution in [3.05, 3.63) is 77.9 Å². The van der Waals surface area contributed by atoms with E-state index in [0.717, 1.165) is 44.0 Å². The van der Waals surface area contributed by atoms with E-state index in [9.17, 15) is 9.90 Å². The molecule has 2 atom stereocenters. The molecule has 1 amide bonds. The average molecular weight is 827 g/mol. The molecule has 1 saturated heterocycles. The van der Waals surface area contributed by atoms with Gasteiger partial charge in [0.2, 0.25) is 11.9 Å². The van der Waals surface area contributed by atoms with E-state index in [0.29, 0.717) is 71.1 Å². The third-order valence-corrected chi connectivity index (χ3v) is 9.34. The molecule has 0 spiro atoms. The number of aliphatic hydroxyl groups is 1. The molecule has 1 fully saturated rings. The number of methoxy groups -OCH3 is 3. The first-order chi connectivity index (χ1) is 29.2. The number of aliphatic hydroxyl groups excluding tert-OH is 1. The summed E-state index contributed by atoms with van der Waals surface area (Å²) in [5.41, 5.74) is 3.24. The number of para-hydroxylation sites is 1. The standard InChI is InChI=1S/C42H54N10O8/c1-27(53)23-45-40-48-36-37(38(50-40)44-26-30-12-14-33(35(22-30)57-5)59-20-17-52-15-18-58-19-16-52)49-41(46-24-28(2)60-42(54)47-31-9-7-6-8-10-31)51-39(36)43-25-29-11-13-32(55-3)34(21-29)56-4/h6-14,21-22,27-28,53H,15-20,23-26H2,1-5H3,(H,47,54)(H2,43,46,49,51)(H2,44,45,48,50). The van der Waals surface area contributed by atoms with Crippen LogP contribution in [0.1, 0.15) is 25.0 Å². The number of amides is 1. The summed E-state index contributed by atoms with van der Waals surface area (Å²) >= 11 is 0. The van der Waals surface area contributed by atoms with E-state index in [1.54, 1.807) is 47.3 Å². The number of ether oxygens (including phenoxy) is 6. The summed E-state index contributed by atoms with van der Waals surface area (Å²) < 4.78 is 33.8. The maximum atomic E-state index is 12.6. The van der Waals surface area contributed by atoms with E-state index < -0.39 is 18.3 Å². The molecular weight excluding hydrogens is 773 g/mol. The Balaban J connectivity index is 1.26. The Labute approximate surface area is 349 Å². The van der Waals surface area contributed by atoms with Crippen LogP contribution in [-0.4, -0.2) is 122 Å². The highest BCUT2D eigenvalue weighted by Gasteiger charge is 2.19. The van der Waals surface area contributed by atoms with Crippen LogP contribution in [0.5, 0.6) is 23.0 Å². The lowest BCUT2D eigenvalue weighted by Crippen LogP contribution is -2.38. The minimum atomic E-state index is -0.660. The maximum absolute atomic E-state index is 12.6. The van der Waals surface area contributed by atoms with Crippen molar-refractivity contribution in [2.45, 2.75) is 39.1 Å². The van der Waals surface area contributed by atoms with Crippen LogP contribution in [0.2, 0.25) is 0 Å². The summed E-state index contributed by atoms with van der Waals surface area (Å²) in [5, 5.41) is 26.0. The number of aromatic nitrogens is 4. The summed E-state index contributed by atoms with van der Waals surface area (Å²) in [5.74, 6) is 3.76. The van der Waals surface area contributed by atoms with Crippen molar-refractivity contribution in [1.82, 2.24) is 24.8 Å². The van der Waals surface area contributed by atoms with Gasteiger partial charge in [-0.25, -0.2) is 14.8 Å². The third kappa shape index (κ3) is 12.3. The molecule has 60 heavy (non-hydrogen) atoms. The van der Waals surface area contributed by atoms with Crippen LogP contribution in [-0.2, 0) is 22.6 Å². The summed E-state index contributed by atoms with van der Waals surface area (Å²) in [6.07, 6.45) is -1.81. The Hall–Kier alpha value is -6.37. The first-order valence-electron chi connectivity index (χ1n) is 19.8. The molecule has 3 heterocycles. The highest BCUT2D eigenvalue weighted by molar-refractivity contribution is 5.94. The van der Waals surface area contributed by atoms with E-state index in [1.807, 2.05) is 54.6 Å². The first-order valence-corrected chi connectivity index (χ1v) is 19.8. The molecule has 18 nitrogen and oxygen atoms in total. The van der Waals surface area contributed by atoms with Crippen LogP contribution in [0.15, 0.2) is 66.7 Å². The Morgan fingerprint density at radius 3 is 1.88 bits per heavy atom. The van der Waals surface area contributed by atoms with Crippen LogP contribution in [0.25, 0.3) is 11.0 Å². The Kier molecular flexibility index (Phi) is 15.5. The second kappa shape index (κ2) is 21.6. The number of carbonyl (C=O) groups is 1. The van der Waals surface area contributed by atoms with Gasteiger partial charge in [0.1, 0.15) is 23.7 Å². The highest BCUT2D eigenvalue weighted by atomic mass is 16.6. The first kappa shape index (κ1) is 43.2. The zero-order valence-corrected chi connectivity index (χ0v) is 34.6. The van der Waals surface area contributed by atoms with Gasteiger partial charge in [-0.2, -0.15) is 9.97 Å². The molecule has 0 aliphatic carbocycles. The van der Waals surface area contributed by atoms with Gasteiger partial charge in [-0.3, -0.25) is 10.2 Å². The minimum Gasteiger partial charge on any atom is -0.493 e. The second-order valence-corrected chi connectivity index (χ2v) is 14.0. The van der Waals surface area contributed by atoms with Crippen molar-refractivity contribution in [3.8, 4) is 23.0 Å². The van der Waals surface area contributed by atoms with E-state index in [-0.39, 0.29) is 25.0 Å². The molecule has 0 saturated carbocycles. The van der Waals surface area contributed by atoms with Crippen LogP contribution in [0.4, 0.5) is 34.0 Å². The van der Waals surface area contributed by atoms with Crippen molar-refractivity contribution in [1.29, 1.82) is 0 Å². The van der Waals surface area contributed by atoms with Crippen LogP contribution < -0.4 is 45.5 Å². The molecule has 3 aromatic carbocycles. The molecule has 18 heteroatoms. The van der Waals surface area contributed by atoms with Gasteiger partial charge in [0, 0.05) is 45.0 Å². The Morgan fingerprint density at radius 2 is 1.30 bits per heavy atom. The molecule has 320 valence electrons. The van der Waals surface area contributed by atoms with Crippen LogP contribution in [0, 0.1) is 0 Å². The monoisotopic (exact) mass is 826 g/mol. The minimum absolute atomic E-state index is 0.196. The van der Waals surface area contributed by atoms with Gasteiger partial charge < -0.3 is 54.8 Å². The lowest BCUT2D eigenvalue weighted by Gasteiger charge is -2.26. The molecular formula is C42H54N10O8. The van der Waals surface area contributed by atoms with Gasteiger partial charge in [-0.15, -0.1) is 0 Å². The van der Waals surface area contributed by atoms with Crippen LogP contribution in [0.3, 0.4) is 0 Å². The number of benzene rings is 3. The maximum Gasteiger partial charge on any atom is 0.411 e. The van der Waals surface area contributed by atoms with Gasteiger partial charge in [0.15, 0.2) is 34.6 Å². The van der Waals surface area contributed by atoms with Gasteiger partial charge in [-0.05, 0) is 61.4 Å². The fourth-order valence-electron chi connectivity index (χ4n) is 6.20. The molecule has 2 aromatic heterocycles. The fraction of sp³-hybridized carbons (Fsp3) is 0.405. The molecule has 0 radical (unpaired) electrons. The third-order valence-electron chi connectivity index (χ3n) is 9.34. The number of nitrogens with one attached hydrogen (secondary N) is 5. The average Bonchev–Trinajstić information content (AvgIpc) is 3.26. The number of nitrogens with zero attached hydrogens (tertiary/aromatic N) is 5. The van der Waals surface area contributed by atoms with E-state index in [2.05, 4.69) is 31.5 Å². The van der Waals surface area contributed by atoms with Crippen LogP contribution >= 0.6 is 0 Å². The lowest BCUT2D eigenvalue weighted by atomic mass is 10.2. The quantitative estimate of drug-likeness (QED) is 0.0561. The zero-order chi connectivity index (χ0) is 42.3. The Bertz CT molecular complexity index is 2160. The predicted octanol–water partition coefficient (Wildman–Crippen LogP) is 5.22. The smallest absolute Gasteiger partial charge is 0.411 e. The van der Waals surface area contributed by atoms with E-state index in [4.69, 9.17) is 48.4 Å². The number of hydrogen-bond acceptors (Lipinski definition) is 17. The van der Waals surface area contributed by atoms with Crippen molar-refractivity contribution in [2.75, 3.05) is 100 Å². The van der Waals surface area contributed by atoms with E-state index in [1.165, 1.54) is 0 Å². The number of hydrogen-bond donors (Lipinski definition) is 6. The van der Waals surface area contributed by atoms with Crippen molar-refractivity contribution in [2.24, 2.45) is 0 Å². The number of fused-ring (bicyclic) bond motifs is 1. The molecule has 1 aliphatic heterocycles. The van der Waals surface area contributed by atoms with E-state index >= 15 is 0 Å². The normalized spacial score (nSPS) is 13.8. The Morgan fingerprint density at radius 1 is 0.733 bits per heavy atom. The number of anilines is 5. The molecule has 0 bridgehead atoms. The molecule has 6 N–H and O–H groups in total. The summed E-state index contributed by atoms with van der Waals surface area (Å²) in [4.78, 5) is 34.2. The topological polar surface area (TPSA) is 208 Å². The summed E-state index contributed by atoms with van der Waals surface area (Å²) in [7, 11) is 4.78. The largest absolute Gasteiger partial charge is 0.493 e. The summed E-state index contributed by atoms with van der Waals surface area (Å²) in [6, 6.07) is 20.5. The predicted molar refractivity (Wildman–Crippen MR) is 230 cm³/mol. The summed E-state index contributed by atoms with van der Waals surface area (Å²) in [6.45, 7) is 9.07. The lowest BCUT2D eigenvalue weighted by molar-refractivity contribution is 0.0321. The van der Waals surface area contributed by atoms with Gasteiger partial charge >= 0.3 is 6.09 Å². The zero-order valence-electron chi connectivity index (χ0n) is 34.6. The molecule has 1 aliphatic rings. The second-order valence-electron chi connectivity index (χ2n) is 14.0. The highest BCUT2D eigenvalue weighted by Crippen LogP contribution is 2.32. The molecule has 5 aromatic rings. The molecule has 6 rings (SSSR count). The SMILES string of the molecule is COc1ccc(CNc2nc(NCC(C)OC(=O)Nc3ccccc3)nc3c(NCc4ccc(OCCN5CCOCC5)c(OC)c4)nc(NCC(C)O)nc23)cc1OC. The van der Waals surface area contributed by atoms with Gasteiger partial charge in [-0.1, -0.05) is 30.3 Å². The molecule has 2 unspecified atom stereocenters. The number of carbonyl (C=O) groups excluding carboxylic acids is 1. The van der Waals surface area contributed by atoms with Gasteiger partial charge in [0.05, 0.1) is 47.2 Å². The van der Waals surface area contributed by atoms with Crippen molar-refractivity contribution >= 4 is 46.3 Å². The number of morpholine rings is 1.